The normalized spacial score (nSPS) is 13.2. The van der Waals surface area contributed by atoms with Gasteiger partial charge in [0.05, 0.1) is 23.5 Å². The molecule has 7 rings (SSSR count). The van der Waals surface area contributed by atoms with Crippen molar-refractivity contribution in [3.8, 4) is 22.3 Å². The molecule has 4 heteroatoms. The Labute approximate surface area is 275 Å². The molecule has 4 nitrogen and oxygen atoms in total. The molecule has 0 aliphatic carbocycles. The van der Waals surface area contributed by atoms with E-state index in [9.17, 15) is 0 Å². The molecule has 0 amide bonds. The summed E-state index contributed by atoms with van der Waals surface area (Å²) in [6.07, 6.45) is 6.18. The van der Waals surface area contributed by atoms with Crippen LogP contribution in [0.1, 0.15) is 34.9 Å². The zero-order valence-electron chi connectivity index (χ0n) is 26.3. The van der Waals surface area contributed by atoms with Crippen molar-refractivity contribution in [2.75, 3.05) is 0 Å². The van der Waals surface area contributed by atoms with Gasteiger partial charge in [0, 0.05) is 27.8 Å². The Morgan fingerprint density at radius 3 is 2.06 bits per heavy atom. The second-order valence-electron chi connectivity index (χ2n) is 11.6. The third kappa shape index (κ3) is 6.35. The standard InChI is InChI=1S/C43H34N4/c1-29(26-41(47-43(44)36-16-10-5-11-17-36)35-22-20-32(21-23-35)31-12-6-3-7-13-31)40-27-38(33-14-8-4-9-15-33)37-25-24-34-19-18-30(2)45-28-39(34)42(37)46-40/h3-27H,1,28H2,2H3,(H2,44,47)/b41-26-. The summed E-state index contributed by atoms with van der Waals surface area (Å²) in [5.74, 6) is 0.429. The lowest BCUT2D eigenvalue weighted by molar-refractivity contribution is 1.07. The third-order valence-corrected chi connectivity index (χ3v) is 8.44. The van der Waals surface area contributed by atoms with Crippen LogP contribution in [-0.2, 0) is 6.54 Å². The number of nitrogens with two attached hydrogens (primary N) is 1. The number of hydrogen-bond acceptors (Lipinski definition) is 3. The predicted octanol–water partition coefficient (Wildman–Crippen LogP) is 10.0. The quantitative estimate of drug-likeness (QED) is 0.112. The smallest absolute Gasteiger partial charge is 0.131 e. The maximum absolute atomic E-state index is 6.59. The summed E-state index contributed by atoms with van der Waals surface area (Å²) in [4.78, 5) is 15.0. The van der Waals surface area contributed by atoms with Crippen LogP contribution >= 0.6 is 0 Å². The first-order valence-electron chi connectivity index (χ1n) is 15.7. The van der Waals surface area contributed by atoms with Gasteiger partial charge in [0.2, 0.25) is 0 Å². The van der Waals surface area contributed by atoms with Gasteiger partial charge in [-0.1, -0.05) is 140 Å². The summed E-state index contributed by atoms with van der Waals surface area (Å²) in [5, 5.41) is 1.08. The van der Waals surface area contributed by atoms with Crippen molar-refractivity contribution in [1.82, 2.24) is 4.98 Å². The second kappa shape index (κ2) is 13.1. The topological polar surface area (TPSA) is 63.6 Å². The summed E-state index contributed by atoms with van der Waals surface area (Å²) < 4.78 is 0. The molecular weight excluding hydrogens is 573 g/mol. The van der Waals surface area contributed by atoms with E-state index in [-0.39, 0.29) is 0 Å². The molecule has 0 radical (unpaired) electrons. The zero-order valence-corrected chi connectivity index (χ0v) is 26.3. The van der Waals surface area contributed by atoms with Crippen molar-refractivity contribution in [3.05, 3.63) is 180 Å². The minimum absolute atomic E-state index is 0.429. The lowest BCUT2D eigenvalue weighted by atomic mass is 9.94. The van der Waals surface area contributed by atoms with Gasteiger partial charge in [0.15, 0.2) is 0 Å². The van der Waals surface area contributed by atoms with Gasteiger partial charge in [-0.2, -0.15) is 0 Å². The van der Waals surface area contributed by atoms with Crippen LogP contribution in [0.4, 0.5) is 0 Å². The van der Waals surface area contributed by atoms with Crippen molar-refractivity contribution >= 4 is 39.8 Å². The molecular formula is C43H34N4. The zero-order chi connectivity index (χ0) is 32.2. The van der Waals surface area contributed by atoms with Crippen LogP contribution in [0.3, 0.4) is 0 Å². The van der Waals surface area contributed by atoms with Crippen LogP contribution in [-0.4, -0.2) is 16.5 Å². The largest absolute Gasteiger partial charge is 0.383 e. The first-order valence-corrected chi connectivity index (χ1v) is 15.7. The first kappa shape index (κ1) is 29.6. The Morgan fingerprint density at radius 2 is 1.36 bits per heavy atom. The molecule has 1 aromatic heterocycles. The number of aromatic nitrogens is 1. The average Bonchev–Trinajstić information content (AvgIpc) is 3.33. The van der Waals surface area contributed by atoms with Crippen LogP contribution in [0.15, 0.2) is 162 Å². The van der Waals surface area contributed by atoms with Gasteiger partial charge in [0.1, 0.15) is 5.84 Å². The van der Waals surface area contributed by atoms with Crippen molar-refractivity contribution in [1.29, 1.82) is 0 Å². The van der Waals surface area contributed by atoms with Gasteiger partial charge in [-0.15, -0.1) is 0 Å². The molecule has 0 saturated carbocycles. The van der Waals surface area contributed by atoms with Crippen LogP contribution in [0.2, 0.25) is 0 Å². The Balaban J connectivity index is 1.38. The molecule has 0 bridgehead atoms. The van der Waals surface area contributed by atoms with E-state index >= 15 is 0 Å². The van der Waals surface area contributed by atoms with Gasteiger partial charge in [-0.05, 0) is 58.5 Å². The van der Waals surface area contributed by atoms with E-state index in [1.54, 1.807) is 0 Å². The summed E-state index contributed by atoms with van der Waals surface area (Å²) in [6, 6.07) is 45.4. The van der Waals surface area contributed by atoms with Gasteiger partial charge < -0.3 is 5.73 Å². The first-order chi connectivity index (χ1) is 23.0. The number of amidine groups is 1. The summed E-state index contributed by atoms with van der Waals surface area (Å²) in [7, 11) is 0. The molecule has 226 valence electrons. The molecule has 2 heterocycles. The maximum Gasteiger partial charge on any atom is 0.131 e. The number of hydrogen-bond donors (Lipinski definition) is 1. The number of nitrogens with zero attached hydrogens (tertiary/aromatic N) is 3. The average molecular weight is 607 g/mol. The molecule has 0 unspecified atom stereocenters. The Morgan fingerprint density at radius 1 is 0.723 bits per heavy atom. The van der Waals surface area contributed by atoms with Crippen LogP contribution in [0.25, 0.3) is 50.5 Å². The van der Waals surface area contributed by atoms with Crippen molar-refractivity contribution in [3.63, 3.8) is 0 Å². The van der Waals surface area contributed by atoms with Crippen LogP contribution in [0.5, 0.6) is 0 Å². The number of fused-ring (bicyclic) bond motifs is 3. The lowest BCUT2D eigenvalue weighted by Crippen LogP contribution is -2.13. The molecule has 2 N–H and O–H groups in total. The molecule has 1 aliphatic heterocycles. The maximum atomic E-state index is 6.59. The third-order valence-electron chi connectivity index (χ3n) is 8.44. The van der Waals surface area contributed by atoms with E-state index in [0.29, 0.717) is 18.1 Å². The second-order valence-corrected chi connectivity index (χ2v) is 11.6. The summed E-state index contributed by atoms with van der Waals surface area (Å²) in [6.45, 7) is 7.12. The highest BCUT2D eigenvalue weighted by molar-refractivity contribution is 6.03. The Bertz CT molecular complexity index is 2210. The number of benzene rings is 5. The number of aliphatic imine (C=N–C) groups is 2. The lowest BCUT2D eigenvalue weighted by Gasteiger charge is -2.15. The molecule has 1 aliphatic rings. The highest BCUT2D eigenvalue weighted by Gasteiger charge is 2.16. The molecule has 0 saturated heterocycles. The fourth-order valence-corrected chi connectivity index (χ4v) is 5.86. The van der Waals surface area contributed by atoms with E-state index in [2.05, 4.69) is 97.6 Å². The van der Waals surface area contributed by atoms with E-state index < -0.39 is 0 Å². The van der Waals surface area contributed by atoms with E-state index in [1.165, 1.54) is 0 Å². The minimum Gasteiger partial charge on any atom is -0.383 e. The Hall–Kier alpha value is -6.13. The Kier molecular flexibility index (Phi) is 8.23. The van der Waals surface area contributed by atoms with E-state index in [1.807, 2.05) is 67.6 Å². The fraction of sp³-hybridized carbons (Fsp3) is 0.0465. The summed E-state index contributed by atoms with van der Waals surface area (Å²) in [5.41, 5.74) is 19.2. The molecule has 0 atom stereocenters. The molecule has 5 aromatic carbocycles. The van der Waals surface area contributed by atoms with Gasteiger partial charge >= 0.3 is 0 Å². The van der Waals surface area contributed by atoms with Crippen molar-refractivity contribution in [2.45, 2.75) is 13.5 Å². The number of allylic oxidation sites excluding steroid dienone is 3. The van der Waals surface area contributed by atoms with Crippen LogP contribution in [0, 0.1) is 0 Å². The minimum atomic E-state index is 0.429. The number of pyridine rings is 1. The van der Waals surface area contributed by atoms with Crippen molar-refractivity contribution in [2.24, 2.45) is 15.7 Å². The van der Waals surface area contributed by atoms with E-state index in [4.69, 9.17) is 20.7 Å². The van der Waals surface area contributed by atoms with Gasteiger partial charge in [0.25, 0.3) is 0 Å². The van der Waals surface area contributed by atoms with Crippen molar-refractivity contribution < 1.29 is 0 Å². The fourth-order valence-electron chi connectivity index (χ4n) is 5.86. The van der Waals surface area contributed by atoms with E-state index in [0.717, 1.165) is 72.4 Å². The molecule has 6 aromatic rings. The predicted molar refractivity (Wildman–Crippen MR) is 199 cm³/mol. The van der Waals surface area contributed by atoms with Gasteiger partial charge in [-0.3, -0.25) is 4.99 Å². The molecule has 47 heavy (non-hydrogen) atoms. The van der Waals surface area contributed by atoms with Gasteiger partial charge in [-0.25, -0.2) is 9.98 Å². The van der Waals surface area contributed by atoms with Crippen LogP contribution < -0.4 is 5.73 Å². The summed E-state index contributed by atoms with van der Waals surface area (Å²) >= 11 is 0. The molecule has 0 spiro atoms. The highest BCUT2D eigenvalue weighted by atomic mass is 14.9. The molecule has 0 fully saturated rings. The monoisotopic (exact) mass is 606 g/mol. The number of rotatable bonds is 7. The SMILES string of the molecule is C=C(/C=C(\N=C(/N)c1ccccc1)c1ccc(-c2ccccc2)cc1)c1cc(-c2ccccc2)c2ccc3c(c2n1)CN=C(C)C=C3. The highest BCUT2D eigenvalue weighted by Crippen LogP contribution is 2.35.